The van der Waals surface area contributed by atoms with E-state index in [2.05, 4.69) is 23.4 Å². The number of nitrogens with two attached hydrogens (primary N) is 1. The summed E-state index contributed by atoms with van der Waals surface area (Å²) < 4.78 is 13.4. The fraction of sp³-hybridized carbons (Fsp3) is 0.500. The highest BCUT2D eigenvalue weighted by Crippen LogP contribution is 2.35. The van der Waals surface area contributed by atoms with Gasteiger partial charge in [0.1, 0.15) is 19.0 Å². The number of benzene rings is 1. The van der Waals surface area contributed by atoms with E-state index in [0.29, 0.717) is 19.8 Å². The van der Waals surface area contributed by atoms with Gasteiger partial charge in [-0.2, -0.15) is 0 Å². The Morgan fingerprint density at radius 2 is 2.00 bits per heavy atom. The van der Waals surface area contributed by atoms with Crippen molar-refractivity contribution in [1.82, 2.24) is 9.55 Å². The maximum absolute atomic E-state index is 5.81. The number of imidazole rings is 1. The number of ether oxygens (including phenoxy) is 2. The van der Waals surface area contributed by atoms with Crippen molar-refractivity contribution in [2.45, 2.75) is 26.3 Å². The van der Waals surface area contributed by atoms with Gasteiger partial charge in [-0.1, -0.05) is 6.92 Å². The van der Waals surface area contributed by atoms with E-state index in [0.717, 1.165) is 34.8 Å². The highest BCUT2D eigenvalue weighted by molar-refractivity contribution is 5.81. The summed E-state index contributed by atoms with van der Waals surface area (Å²) in [5.41, 5.74) is 7.83. The van der Waals surface area contributed by atoms with Crippen molar-refractivity contribution in [3.05, 3.63) is 18.0 Å². The van der Waals surface area contributed by atoms with Crippen molar-refractivity contribution >= 4 is 11.0 Å². The Bertz CT molecular complexity index is 606. The van der Waals surface area contributed by atoms with Crippen LogP contribution in [0.1, 0.15) is 25.7 Å². The molecule has 0 saturated heterocycles. The standard InChI is InChI=1S/C14H19N3O2/c1-3-14-16-10-6-12-13(19-5-4-18-12)7-11(10)17(14)9(2)8-15/h6-7,9H,3-5,8,15H2,1-2H3. The average molecular weight is 261 g/mol. The molecule has 1 aliphatic heterocycles. The van der Waals surface area contributed by atoms with Gasteiger partial charge in [-0.3, -0.25) is 0 Å². The highest BCUT2D eigenvalue weighted by atomic mass is 16.6. The molecule has 0 saturated carbocycles. The van der Waals surface area contributed by atoms with Crippen molar-refractivity contribution in [1.29, 1.82) is 0 Å². The summed E-state index contributed by atoms with van der Waals surface area (Å²) in [7, 11) is 0. The van der Waals surface area contributed by atoms with Crippen LogP contribution in [0.2, 0.25) is 0 Å². The third kappa shape index (κ3) is 1.94. The summed E-state index contributed by atoms with van der Waals surface area (Å²) in [5, 5.41) is 0. The quantitative estimate of drug-likeness (QED) is 0.916. The number of rotatable bonds is 3. The Morgan fingerprint density at radius 3 is 2.63 bits per heavy atom. The third-order valence-electron chi connectivity index (χ3n) is 3.52. The van der Waals surface area contributed by atoms with Crippen molar-refractivity contribution < 1.29 is 9.47 Å². The van der Waals surface area contributed by atoms with Crippen LogP contribution in [0.3, 0.4) is 0 Å². The lowest BCUT2D eigenvalue weighted by Crippen LogP contribution is -2.18. The van der Waals surface area contributed by atoms with Crippen LogP contribution in [0.15, 0.2) is 12.1 Å². The molecule has 1 aliphatic rings. The summed E-state index contributed by atoms with van der Waals surface area (Å²) in [6, 6.07) is 4.20. The van der Waals surface area contributed by atoms with E-state index in [4.69, 9.17) is 15.2 Å². The zero-order valence-electron chi connectivity index (χ0n) is 11.3. The van der Waals surface area contributed by atoms with E-state index in [-0.39, 0.29) is 6.04 Å². The van der Waals surface area contributed by atoms with Crippen LogP contribution >= 0.6 is 0 Å². The number of fused-ring (bicyclic) bond motifs is 2. The topological polar surface area (TPSA) is 62.3 Å². The van der Waals surface area contributed by atoms with Crippen molar-refractivity contribution in [3.8, 4) is 11.5 Å². The van der Waals surface area contributed by atoms with Crippen LogP contribution in [0.5, 0.6) is 11.5 Å². The number of aryl methyl sites for hydroxylation is 1. The van der Waals surface area contributed by atoms with E-state index in [9.17, 15) is 0 Å². The molecule has 2 aromatic rings. The van der Waals surface area contributed by atoms with Gasteiger partial charge in [0.2, 0.25) is 0 Å². The van der Waals surface area contributed by atoms with Crippen molar-refractivity contribution in [3.63, 3.8) is 0 Å². The summed E-state index contributed by atoms with van der Waals surface area (Å²) in [4.78, 5) is 4.68. The van der Waals surface area contributed by atoms with Crippen molar-refractivity contribution in [2.24, 2.45) is 5.73 Å². The predicted molar refractivity (Wildman–Crippen MR) is 73.9 cm³/mol. The van der Waals surface area contributed by atoms with E-state index in [1.807, 2.05) is 12.1 Å². The van der Waals surface area contributed by atoms with Crippen molar-refractivity contribution in [2.75, 3.05) is 19.8 Å². The monoisotopic (exact) mass is 261 g/mol. The van der Waals surface area contributed by atoms with Gasteiger partial charge in [-0.25, -0.2) is 4.98 Å². The summed E-state index contributed by atoms with van der Waals surface area (Å²) in [5.74, 6) is 2.63. The van der Waals surface area contributed by atoms with Gasteiger partial charge in [0.25, 0.3) is 0 Å². The van der Waals surface area contributed by atoms with Gasteiger partial charge >= 0.3 is 0 Å². The van der Waals surface area contributed by atoms with Crippen LogP contribution in [0.25, 0.3) is 11.0 Å². The fourth-order valence-electron chi connectivity index (χ4n) is 2.53. The molecule has 5 nitrogen and oxygen atoms in total. The Balaban J connectivity index is 2.22. The molecule has 0 fully saturated rings. The molecule has 2 N–H and O–H groups in total. The minimum Gasteiger partial charge on any atom is -0.486 e. The van der Waals surface area contributed by atoms with Gasteiger partial charge in [-0.15, -0.1) is 0 Å². The molecular formula is C14H19N3O2. The maximum Gasteiger partial charge on any atom is 0.163 e. The summed E-state index contributed by atoms with van der Waals surface area (Å²) >= 11 is 0. The number of hydrogen-bond donors (Lipinski definition) is 1. The first-order chi connectivity index (χ1) is 9.24. The van der Waals surface area contributed by atoms with Crippen LogP contribution in [-0.4, -0.2) is 29.3 Å². The van der Waals surface area contributed by atoms with Crippen LogP contribution in [0, 0.1) is 0 Å². The molecule has 0 radical (unpaired) electrons. The molecular weight excluding hydrogens is 242 g/mol. The molecule has 1 aromatic heterocycles. The lowest BCUT2D eigenvalue weighted by Gasteiger charge is -2.19. The second-order valence-electron chi connectivity index (χ2n) is 4.82. The SMILES string of the molecule is CCc1nc2cc3c(cc2n1C(C)CN)OCCO3. The maximum atomic E-state index is 5.81. The van der Waals surface area contributed by atoms with Gasteiger partial charge in [-0.05, 0) is 6.92 Å². The van der Waals surface area contributed by atoms with Gasteiger partial charge in [0, 0.05) is 31.1 Å². The first-order valence-corrected chi connectivity index (χ1v) is 6.75. The van der Waals surface area contributed by atoms with Crippen LogP contribution in [0.4, 0.5) is 0 Å². The number of hydrogen-bond acceptors (Lipinski definition) is 4. The molecule has 102 valence electrons. The summed E-state index contributed by atoms with van der Waals surface area (Å²) in [6.45, 7) is 6.00. The fourth-order valence-corrected chi connectivity index (χ4v) is 2.53. The smallest absolute Gasteiger partial charge is 0.163 e. The third-order valence-corrected chi connectivity index (χ3v) is 3.52. The van der Waals surface area contributed by atoms with Gasteiger partial charge < -0.3 is 19.8 Å². The highest BCUT2D eigenvalue weighted by Gasteiger charge is 2.19. The first kappa shape index (κ1) is 12.3. The Kier molecular flexibility index (Phi) is 3.06. The molecule has 5 heteroatoms. The Morgan fingerprint density at radius 1 is 1.32 bits per heavy atom. The average Bonchev–Trinajstić information content (AvgIpc) is 2.81. The molecule has 3 rings (SSSR count). The molecule has 2 heterocycles. The molecule has 1 atom stereocenters. The molecule has 1 unspecified atom stereocenters. The van der Waals surface area contributed by atoms with E-state index < -0.39 is 0 Å². The van der Waals surface area contributed by atoms with Crippen LogP contribution in [-0.2, 0) is 6.42 Å². The molecule has 1 aromatic carbocycles. The molecule has 0 amide bonds. The second kappa shape index (κ2) is 4.74. The Labute approximate surface area is 112 Å². The zero-order valence-corrected chi connectivity index (χ0v) is 11.3. The molecule has 0 spiro atoms. The zero-order chi connectivity index (χ0) is 13.4. The minimum atomic E-state index is 0.225. The normalized spacial score (nSPS) is 15.7. The van der Waals surface area contributed by atoms with E-state index in [1.54, 1.807) is 0 Å². The van der Waals surface area contributed by atoms with Gasteiger partial charge in [0.05, 0.1) is 11.0 Å². The van der Waals surface area contributed by atoms with Crippen LogP contribution < -0.4 is 15.2 Å². The van der Waals surface area contributed by atoms with Gasteiger partial charge in [0.15, 0.2) is 11.5 Å². The first-order valence-electron chi connectivity index (χ1n) is 6.75. The molecule has 0 aliphatic carbocycles. The lowest BCUT2D eigenvalue weighted by molar-refractivity contribution is 0.172. The Hall–Kier alpha value is -1.75. The van der Waals surface area contributed by atoms with E-state index >= 15 is 0 Å². The summed E-state index contributed by atoms with van der Waals surface area (Å²) in [6.07, 6.45) is 0.880. The predicted octanol–water partition coefficient (Wildman–Crippen LogP) is 1.89. The lowest BCUT2D eigenvalue weighted by atomic mass is 10.2. The molecule has 19 heavy (non-hydrogen) atoms. The van der Waals surface area contributed by atoms with E-state index in [1.165, 1.54) is 0 Å². The largest absolute Gasteiger partial charge is 0.486 e. The molecule has 0 bridgehead atoms. The second-order valence-corrected chi connectivity index (χ2v) is 4.82. The number of nitrogens with zero attached hydrogens (tertiary/aromatic N) is 2. The number of aromatic nitrogens is 2. The minimum absolute atomic E-state index is 0.225.